The van der Waals surface area contributed by atoms with Crippen LogP contribution in [-0.2, 0) is 29.0 Å². The molecule has 3 rings (SSSR count). The number of carboxylic acid groups (broad SMARTS) is 2. The van der Waals surface area contributed by atoms with Crippen molar-refractivity contribution in [3.05, 3.63) is 87.1 Å². The second-order valence-corrected chi connectivity index (χ2v) is 8.47. The summed E-state index contributed by atoms with van der Waals surface area (Å²) in [5, 5.41) is 20.5. The summed E-state index contributed by atoms with van der Waals surface area (Å²) < 4.78 is 2.06. The lowest BCUT2D eigenvalue weighted by atomic mass is 10.1. The zero-order valence-corrected chi connectivity index (χ0v) is 18.7. The van der Waals surface area contributed by atoms with Gasteiger partial charge in [0.15, 0.2) is 0 Å². The minimum atomic E-state index is -0.985. The molecule has 166 valence electrons. The summed E-state index contributed by atoms with van der Waals surface area (Å²) in [5.74, 6) is -0.995. The highest BCUT2D eigenvalue weighted by molar-refractivity contribution is 7.09. The van der Waals surface area contributed by atoms with Crippen LogP contribution in [0.3, 0.4) is 0 Å². The molecular formula is C25H26N2O4S. The Kier molecular flexibility index (Phi) is 8.16. The maximum atomic E-state index is 11.9. The van der Waals surface area contributed by atoms with Crippen LogP contribution in [0, 0.1) is 0 Å². The third kappa shape index (κ3) is 6.52. The minimum Gasteiger partial charge on any atom is -0.478 e. The topological polar surface area (TPSA) is 92.4 Å². The number of benzene rings is 1. The minimum absolute atomic E-state index is 0.324. The van der Waals surface area contributed by atoms with E-state index >= 15 is 0 Å². The van der Waals surface area contributed by atoms with Crippen molar-refractivity contribution >= 4 is 35.4 Å². The van der Waals surface area contributed by atoms with Gasteiger partial charge in [-0.25, -0.2) is 14.6 Å². The van der Waals surface area contributed by atoms with E-state index in [2.05, 4.69) is 16.5 Å². The van der Waals surface area contributed by atoms with Gasteiger partial charge in [0.25, 0.3) is 0 Å². The molecule has 0 spiro atoms. The van der Waals surface area contributed by atoms with Gasteiger partial charge in [-0.2, -0.15) is 0 Å². The van der Waals surface area contributed by atoms with Gasteiger partial charge in [0.05, 0.1) is 11.9 Å². The molecule has 0 aliphatic carbocycles. The summed E-state index contributed by atoms with van der Waals surface area (Å²) in [6.07, 6.45) is 9.35. The number of nitrogens with zero attached hydrogens (tertiary/aromatic N) is 2. The van der Waals surface area contributed by atoms with Gasteiger partial charge in [0.2, 0.25) is 0 Å². The van der Waals surface area contributed by atoms with Gasteiger partial charge in [0, 0.05) is 35.9 Å². The largest absolute Gasteiger partial charge is 0.478 e. The molecule has 0 radical (unpaired) electrons. The van der Waals surface area contributed by atoms with Crippen LogP contribution >= 0.6 is 11.3 Å². The summed E-state index contributed by atoms with van der Waals surface area (Å²) >= 11 is 1.54. The highest BCUT2D eigenvalue weighted by atomic mass is 32.1. The van der Waals surface area contributed by atoms with Crippen LogP contribution < -0.4 is 0 Å². The van der Waals surface area contributed by atoms with E-state index in [4.69, 9.17) is 5.11 Å². The first-order chi connectivity index (χ1) is 15.5. The molecule has 2 N–H and O–H groups in total. The molecule has 3 aromatic rings. The van der Waals surface area contributed by atoms with Crippen LogP contribution in [0.2, 0.25) is 0 Å². The Morgan fingerprint density at radius 2 is 1.94 bits per heavy atom. The second-order valence-electron chi connectivity index (χ2n) is 7.43. The Labute approximate surface area is 191 Å². The van der Waals surface area contributed by atoms with E-state index in [0.717, 1.165) is 52.9 Å². The summed E-state index contributed by atoms with van der Waals surface area (Å²) in [7, 11) is 0. The van der Waals surface area contributed by atoms with Crippen molar-refractivity contribution in [2.45, 2.75) is 39.2 Å². The van der Waals surface area contributed by atoms with Gasteiger partial charge in [0.1, 0.15) is 5.82 Å². The molecule has 6 nitrogen and oxygen atoms in total. The summed E-state index contributed by atoms with van der Waals surface area (Å²) in [4.78, 5) is 28.2. The highest BCUT2D eigenvalue weighted by Gasteiger charge is 2.14. The molecule has 0 saturated carbocycles. The lowest BCUT2D eigenvalue weighted by Crippen LogP contribution is -2.09. The van der Waals surface area contributed by atoms with E-state index in [1.54, 1.807) is 29.7 Å². The molecule has 0 amide bonds. The molecule has 32 heavy (non-hydrogen) atoms. The second kappa shape index (κ2) is 11.2. The molecule has 2 heterocycles. The van der Waals surface area contributed by atoms with Crippen LogP contribution in [0.1, 0.15) is 47.3 Å². The zero-order valence-electron chi connectivity index (χ0n) is 17.9. The van der Waals surface area contributed by atoms with Gasteiger partial charge in [-0.05, 0) is 41.1 Å². The van der Waals surface area contributed by atoms with Crippen LogP contribution in [0.4, 0.5) is 0 Å². The zero-order chi connectivity index (χ0) is 22.9. The molecule has 0 atom stereocenters. The molecule has 7 heteroatoms. The molecule has 1 aromatic carbocycles. The average molecular weight is 451 g/mol. The number of hydrogen-bond acceptors (Lipinski definition) is 4. The molecule has 0 fully saturated rings. The number of thiophene rings is 1. The molecule has 0 unspecified atom stereocenters. The Morgan fingerprint density at radius 1 is 1.16 bits per heavy atom. The van der Waals surface area contributed by atoms with Gasteiger partial charge >= 0.3 is 11.9 Å². The van der Waals surface area contributed by atoms with E-state index in [9.17, 15) is 14.7 Å². The summed E-state index contributed by atoms with van der Waals surface area (Å²) in [5.41, 5.74) is 2.92. The van der Waals surface area contributed by atoms with E-state index < -0.39 is 11.9 Å². The fourth-order valence-electron chi connectivity index (χ4n) is 3.31. The Balaban J connectivity index is 1.90. The van der Waals surface area contributed by atoms with E-state index in [-0.39, 0.29) is 0 Å². The Bertz CT molecular complexity index is 1110. The number of aliphatic carboxylic acids is 2. The van der Waals surface area contributed by atoms with Crippen LogP contribution in [0.15, 0.2) is 59.6 Å². The van der Waals surface area contributed by atoms with Crippen molar-refractivity contribution in [3.63, 3.8) is 0 Å². The average Bonchev–Trinajstić information content (AvgIpc) is 3.41. The molecule has 0 aliphatic heterocycles. The number of unbranched alkanes of at least 4 members (excludes halogenated alkanes) is 1. The number of rotatable bonds is 11. The number of aryl methyl sites for hydroxylation is 1. The third-order valence-corrected chi connectivity index (χ3v) is 5.88. The van der Waals surface area contributed by atoms with Gasteiger partial charge in [-0.3, -0.25) is 0 Å². The van der Waals surface area contributed by atoms with Crippen molar-refractivity contribution in [1.29, 1.82) is 0 Å². The monoisotopic (exact) mass is 450 g/mol. The van der Waals surface area contributed by atoms with Crippen molar-refractivity contribution < 1.29 is 19.8 Å². The normalized spacial score (nSPS) is 11.8. The standard InChI is InChI=1S/C25H26N2O4S/c1-2-3-6-23-26-16-21(14-20(25(30)31)15-22-5-4-13-32-22)27(23)17-19-9-7-18(8-10-19)11-12-24(28)29/h4-5,7-14,16H,2-3,6,15,17H2,1H3,(H,28,29)(H,30,31). The predicted octanol–water partition coefficient (Wildman–Crippen LogP) is 5.14. The van der Waals surface area contributed by atoms with Crippen LogP contribution in [0.5, 0.6) is 0 Å². The van der Waals surface area contributed by atoms with Crippen molar-refractivity contribution in [1.82, 2.24) is 9.55 Å². The maximum absolute atomic E-state index is 11.9. The Morgan fingerprint density at radius 3 is 2.56 bits per heavy atom. The van der Waals surface area contributed by atoms with Crippen molar-refractivity contribution in [2.75, 3.05) is 0 Å². The number of hydrogen-bond donors (Lipinski definition) is 2. The van der Waals surface area contributed by atoms with Gasteiger partial charge < -0.3 is 14.8 Å². The van der Waals surface area contributed by atoms with Crippen molar-refractivity contribution in [2.24, 2.45) is 0 Å². The molecule has 0 saturated heterocycles. The number of aromatic nitrogens is 2. The summed E-state index contributed by atoms with van der Waals surface area (Å²) in [6, 6.07) is 11.5. The quantitative estimate of drug-likeness (QED) is 0.395. The Hall–Kier alpha value is -3.45. The first-order valence-corrected chi connectivity index (χ1v) is 11.3. The number of carbonyl (C=O) groups is 2. The first kappa shape index (κ1) is 23.2. The fourth-order valence-corrected chi connectivity index (χ4v) is 4.04. The fraction of sp³-hybridized carbons (Fsp3) is 0.240. The van der Waals surface area contributed by atoms with E-state index in [1.165, 1.54) is 0 Å². The number of imidazole rings is 1. The SMILES string of the molecule is CCCCc1ncc(C=C(Cc2cccs2)C(=O)O)n1Cc1ccc(C=CC(=O)O)cc1. The molecule has 2 aromatic heterocycles. The number of carboxylic acids is 2. The molecule has 0 aliphatic rings. The maximum Gasteiger partial charge on any atom is 0.332 e. The summed E-state index contributed by atoms with van der Waals surface area (Å²) in [6.45, 7) is 2.68. The lowest BCUT2D eigenvalue weighted by molar-refractivity contribution is -0.133. The van der Waals surface area contributed by atoms with Gasteiger partial charge in [-0.15, -0.1) is 11.3 Å². The van der Waals surface area contributed by atoms with Crippen LogP contribution in [0.25, 0.3) is 12.2 Å². The van der Waals surface area contributed by atoms with Gasteiger partial charge in [-0.1, -0.05) is 43.7 Å². The smallest absolute Gasteiger partial charge is 0.332 e. The molecule has 0 bridgehead atoms. The lowest BCUT2D eigenvalue weighted by Gasteiger charge is -2.12. The van der Waals surface area contributed by atoms with Crippen molar-refractivity contribution in [3.8, 4) is 0 Å². The highest BCUT2D eigenvalue weighted by Crippen LogP contribution is 2.20. The molecular weight excluding hydrogens is 424 g/mol. The van der Waals surface area contributed by atoms with Crippen LogP contribution in [-0.4, -0.2) is 31.7 Å². The van der Waals surface area contributed by atoms with E-state index in [1.807, 2.05) is 41.8 Å². The third-order valence-electron chi connectivity index (χ3n) is 5.00. The first-order valence-electron chi connectivity index (χ1n) is 10.5. The van der Waals surface area contributed by atoms with E-state index in [0.29, 0.717) is 18.5 Å². The predicted molar refractivity (Wildman–Crippen MR) is 127 cm³/mol.